The zero-order chi connectivity index (χ0) is 9.73. The van der Waals surface area contributed by atoms with Crippen LogP contribution in [0.25, 0.3) is 0 Å². The zero-order valence-electron chi connectivity index (χ0n) is 8.65. The molecule has 1 aliphatic rings. The van der Waals surface area contributed by atoms with E-state index in [-0.39, 0.29) is 0 Å². The molecule has 0 saturated carbocycles. The summed E-state index contributed by atoms with van der Waals surface area (Å²) in [4.78, 5) is 0. The van der Waals surface area contributed by atoms with E-state index in [0.29, 0.717) is 5.41 Å². The Hall–Kier alpha value is 0.650. The van der Waals surface area contributed by atoms with E-state index in [1.54, 1.807) is 0 Å². The Morgan fingerprint density at radius 1 is 1.54 bits per heavy atom. The summed E-state index contributed by atoms with van der Waals surface area (Å²) in [6, 6.07) is 0. The Balaban J connectivity index is 2.30. The molecule has 0 spiro atoms. The van der Waals surface area contributed by atoms with E-state index < -0.39 is 21.6 Å². The van der Waals surface area contributed by atoms with E-state index in [1.165, 1.54) is 19.3 Å². The third kappa shape index (κ3) is 3.36. The van der Waals surface area contributed by atoms with Crippen LogP contribution in [0.4, 0.5) is 0 Å². The second-order valence-corrected chi connectivity index (χ2v) is 5.90. The number of alkyl halides is 1. The van der Waals surface area contributed by atoms with Crippen LogP contribution in [-0.2, 0) is 0 Å². The number of hydrogen-bond acceptors (Lipinski definition) is 2. The topological polar surface area (TPSA) is 32.3 Å². The Kier molecular flexibility index (Phi) is 4.97. The predicted molar refractivity (Wildman–Crippen MR) is 51.1 cm³/mol. The van der Waals surface area contributed by atoms with Gasteiger partial charge in [-0.15, -0.1) is 0 Å². The first kappa shape index (κ1) is 11.7. The molecule has 0 bridgehead atoms. The number of halogens is 1. The van der Waals surface area contributed by atoms with Gasteiger partial charge in [-0.1, -0.05) is 0 Å². The predicted octanol–water partition coefficient (Wildman–Crippen LogP) is -1.60. The first-order valence-electron chi connectivity index (χ1n) is 5.16. The van der Waals surface area contributed by atoms with Gasteiger partial charge >= 0.3 is 92.3 Å². The SMILES string of the molecule is CCCC(C)CC1(C[I-]O)CNC1. The van der Waals surface area contributed by atoms with Crippen molar-refractivity contribution in [2.45, 2.75) is 33.1 Å². The Bertz CT molecular complexity index is 148. The molecule has 0 aromatic heterocycles. The summed E-state index contributed by atoms with van der Waals surface area (Å²) in [5.41, 5.74) is 0.483. The number of nitrogens with one attached hydrogen (secondary N) is 1. The molecule has 2 nitrogen and oxygen atoms in total. The molecule has 0 radical (unpaired) electrons. The van der Waals surface area contributed by atoms with Gasteiger partial charge in [-0.2, -0.15) is 0 Å². The van der Waals surface area contributed by atoms with E-state index in [4.69, 9.17) is 3.44 Å². The molecule has 1 rings (SSSR count). The number of hydrogen-bond donors (Lipinski definition) is 2. The Labute approximate surface area is 92.3 Å². The van der Waals surface area contributed by atoms with Gasteiger partial charge in [0.25, 0.3) is 0 Å². The van der Waals surface area contributed by atoms with Crippen molar-refractivity contribution in [3.8, 4) is 0 Å². The molecule has 13 heavy (non-hydrogen) atoms. The molecule has 0 aromatic rings. The molecule has 1 heterocycles. The molecule has 0 aromatic carbocycles. The molecular formula is C10H21INO-. The fourth-order valence-electron chi connectivity index (χ4n) is 2.23. The summed E-state index contributed by atoms with van der Waals surface area (Å²) < 4.78 is 10.2. The van der Waals surface area contributed by atoms with Crippen molar-refractivity contribution in [3.05, 3.63) is 0 Å². The molecule has 1 saturated heterocycles. The summed E-state index contributed by atoms with van der Waals surface area (Å²) in [5, 5.41) is 3.34. The van der Waals surface area contributed by atoms with Crippen molar-refractivity contribution in [1.29, 1.82) is 0 Å². The standard InChI is InChI=1S/C10H21INO/c1-3-4-9(2)5-10(6-11-13)7-12-8-10/h9,12-13H,3-8H2,1-2H3/q-1. The quantitative estimate of drug-likeness (QED) is 0.457. The van der Waals surface area contributed by atoms with Crippen LogP contribution < -0.4 is 26.9 Å². The van der Waals surface area contributed by atoms with Crippen molar-refractivity contribution in [2.75, 3.05) is 17.5 Å². The van der Waals surface area contributed by atoms with Gasteiger partial charge in [-0.3, -0.25) is 0 Å². The van der Waals surface area contributed by atoms with Crippen LogP contribution in [-0.4, -0.2) is 21.0 Å². The summed E-state index contributed by atoms with van der Waals surface area (Å²) >= 11 is -0.519. The molecule has 1 fully saturated rings. The van der Waals surface area contributed by atoms with Crippen molar-refractivity contribution in [1.82, 2.24) is 5.32 Å². The molecule has 1 unspecified atom stereocenters. The van der Waals surface area contributed by atoms with Crippen molar-refractivity contribution < 1.29 is 25.1 Å². The van der Waals surface area contributed by atoms with Crippen LogP contribution in [0.2, 0.25) is 0 Å². The number of rotatable bonds is 6. The first-order chi connectivity index (χ1) is 6.22. The average molecular weight is 298 g/mol. The minimum atomic E-state index is -0.519. The molecule has 1 aliphatic heterocycles. The molecule has 1 atom stereocenters. The van der Waals surface area contributed by atoms with E-state index >= 15 is 0 Å². The monoisotopic (exact) mass is 298 g/mol. The van der Waals surface area contributed by atoms with E-state index in [1.807, 2.05) is 0 Å². The van der Waals surface area contributed by atoms with Gasteiger partial charge in [0.15, 0.2) is 0 Å². The van der Waals surface area contributed by atoms with E-state index in [2.05, 4.69) is 19.2 Å². The summed E-state index contributed by atoms with van der Waals surface area (Å²) in [7, 11) is 0. The van der Waals surface area contributed by atoms with E-state index in [9.17, 15) is 0 Å². The molecule has 0 amide bonds. The molecule has 80 valence electrons. The van der Waals surface area contributed by atoms with Gasteiger partial charge in [0.05, 0.1) is 0 Å². The Morgan fingerprint density at radius 3 is 2.62 bits per heavy atom. The summed E-state index contributed by atoms with van der Waals surface area (Å²) in [6.45, 7) is 6.88. The first-order valence-corrected chi connectivity index (χ1v) is 7.65. The van der Waals surface area contributed by atoms with Crippen LogP contribution >= 0.6 is 0 Å². The van der Waals surface area contributed by atoms with Gasteiger partial charge in [-0.05, 0) is 0 Å². The van der Waals surface area contributed by atoms with E-state index in [0.717, 1.165) is 23.4 Å². The molecule has 3 heteroatoms. The molecule has 2 N–H and O–H groups in total. The van der Waals surface area contributed by atoms with Gasteiger partial charge in [0.1, 0.15) is 0 Å². The van der Waals surface area contributed by atoms with Crippen LogP contribution in [0.3, 0.4) is 0 Å². The second kappa shape index (κ2) is 5.51. The zero-order valence-corrected chi connectivity index (χ0v) is 10.8. The maximum atomic E-state index is 9.09. The van der Waals surface area contributed by atoms with Crippen LogP contribution in [0.15, 0.2) is 0 Å². The van der Waals surface area contributed by atoms with Crippen LogP contribution in [0.1, 0.15) is 33.1 Å². The van der Waals surface area contributed by atoms with Crippen molar-refractivity contribution >= 4 is 0 Å². The van der Waals surface area contributed by atoms with Gasteiger partial charge in [0.2, 0.25) is 0 Å². The van der Waals surface area contributed by atoms with Crippen LogP contribution in [0, 0.1) is 11.3 Å². The van der Waals surface area contributed by atoms with Crippen molar-refractivity contribution in [3.63, 3.8) is 0 Å². The average Bonchev–Trinajstić information content (AvgIpc) is 2.01. The van der Waals surface area contributed by atoms with Gasteiger partial charge in [0, 0.05) is 0 Å². The summed E-state index contributed by atoms with van der Waals surface area (Å²) in [5.74, 6) is 0.836. The van der Waals surface area contributed by atoms with Crippen LogP contribution in [0.5, 0.6) is 0 Å². The Morgan fingerprint density at radius 2 is 2.23 bits per heavy atom. The normalized spacial score (nSPS) is 22.7. The fraction of sp³-hybridized carbons (Fsp3) is 1.00. The van der Waals surface area contributed by atoms with Crippen molar-refractivity contribution in [2.24, 2.45) is 11.3 Å². The summed E-state index contributed by atoms with van der Waals surface area (Å²) in [6.07, 6.45) is 3.94. The third-order valence-corrected chi connectivity index (χ3v) is 4.87. The van der Waals surface area contributed by atoms with Gasteiger partial charge in [-0.25, -0.2) is 0 Å². The third-order valence-electron chi connectivity index (χ3n) is 2.91. The molecular weight excluding hydrogens is 277 g/mol. The second-order valence-electron chi connectivity index (χ2n) is 4.45. The minimum absolute atomic E-state index is 0.483. The van der Waals surface area contributed by atoms with Gasteiger partial charge < -0.3 is 0 Å². The molecule has 0 aliphatic carbocycles. The maximum absolute atomic E-state index is 9.09. The fourth-order valence-corrected chi connectivity index (χ4v) is 3.81.